The molecule has 0 fully saturated rings. The molecule has 3 rings (SSSR count). The van der Waals surface area contributed by atoms with E-state index < -0.39 is 0 Å². The molecule has 0 saturated carbocycles. The number of benzene rings is 2. The van der Waals surface area contributed by atoms with Crippen molar-refractivity contribution < 1.29 is 9.59 Å². The first-order valence-corrected chi connectivity index (χ1v) is 10.2. The molecule has 0 spiro atoms. The van der Waals surface area contributed by atoms with Crippen molar-refractivity contribution in [3.05, 3.63) is 70.8 Å². The first-order chi connectivity index (χ1) is 14.5. The van der Waals surface area contributed by atoms with Gasteiger partial charge in [-0.3, -0.25) is 14.7 Å². The summed E-state index contributed by atoms with van der Waals surface area (Å²) in [4.78, 5) is 24.3. The number of hydrogen-bond donors (Lipinski definition) is 3. The molecular weight excluding hydrogens is 398 g/mol. The van der Waals surface area contributed by atoms with Gasteiger partial charge in [-0.2, -0.15) is 5.10 Å². The van der Waals surface area contributed by atoms with Gasteiger partial charge >= 0.3 is 0 Å². The number of hydrogen-bond acceptors (Lipinski definition) is 4. The molecule has 8 heteroatoms. The van der Waals surface area contributed by atoms with E-state index in [0.29, 0.717) is 23.3 Å². The molecule has 3 N–H and O–H groups in total. The SMILES string of the molecule is CC(C)n1c(CCNC(=O)CNC(=O)c2ccc(-c3ccccc3)cc2)n[nH]c1=S. The second kappa shape index (κ2) is 9.98. The van der Waals surface area contributed by atoms with E-state index in [1.807, 2.05) is 60.9 Å². The predicted octanol–water partition coefficient (Wildman–Crippen LogP) is 3.28. The molecule has 1 heterocycles. The lowest BCUT2D eigenvalue weighted by Crippen LogP contribution is -2.37. The lowest BCUT2D eigenvalue weighted by molar-refractivity contribution is -0.120. The number of aromatic nitrogens is 3. The van der Waals surface area contributed by atoms with Crippen LogP contribution in [0.4, 0.5) is 0 Å². The van der Waals surface area contributed by atoms with Gasteiger partial charge in [0.05, 0.1) is 6.54 Å². The smallest absolute Gasteiger partial charge is 0.251 e. The maximum absolute atomic E-state index is 12.3. The summed E-state index contributed by atoms with van der Waals surface area (Å²) in [7, 11) is 0. The largest absolute Gasteiger partial charge is 0.354 e. The van der Waals surface area contributed by atoms with Gasteiger partial charge in [-0.05, 0) is 49.3 Å². The molecule has 0 bridgehead atoms. The van der Waals surface area contributed by atoms with Crippen molar-refractivity contribution in [2.75, 3.05) is 13.1 Å². The number of rotatable bonds is 8. The van der Waals surface area contributed by atoms with Gasteiger partial charge in [0.25, 0.3) is 5.91 Å². The Kier molecular flexibility index (Phi) is 7.13. The van der Waals surface area contributed by atoms with E-state index in [0.717, 1.165) is 17.0 Å². The van der Waals surface area contributed by atoms with Crippen molar-refractivity contribution in [1.82, 2.24) is 25.4 Å². The molecule has 0 aliphatic heterocycles. The van der Waals surface area contributed by atoms with Crippen molar-refractivity contribution in [2.45, 2.75) is 26.3 Å². The van der Waals surface area contributed by atoms with Crippen molar-refractivity contribution in [2.24, 2.45) is 0 Å². The van der Waals surface area contributed by atoms with E-state index in [4.69, 9.17) is 12.2 Å². The third-order valence-corrected chi connectivity index (χ3v) is 4.92. The Morgan fingerprint density at radius 1 is 1.03 bits per heavy atom. The Hall–Kier alpha value is -3.26. The monoisotopic (exact) mass is 423 g/mol. The van der Waals surface area contributed by atoms with Gasteiger partial charge in [0.15, 0.2) is 4.77 Å². The molecule has 156 valence electrons. The Labute approximate surface area is 180 Å². The number of aromatic amines is 1. The topological polar surface area (TPSA) is 91.8 Å². The summed E-state index contributed by atoms with van der Waals surface area (Å²) in [6.07, 6.45) is 0.548. The van der Waals surface area contributed by atoms with Crippen LogP contribution in [0.3, 0.4) is 0 Å². The van der Waals surface area contributed by atoms with E-state index in [9.17, 15) is 9.59 Å². The summed E-state index contributed by atoms with van der Waals surface area (Å²) < 4.78 is 2.49. The first kappa shape index (κ1) is 21.4. The lowest BCUT2D eigenvalue weighted by atomic mass is 10.0. The minimum absolute atomic E-state index is 0.0870. The summed E-state index contributed by atoms with van der Waals surface area (Å²) in [5, 5.41) is 12.4. The molecule has 30 heavy (non-hydrogen) atoms. The van der Waals surface area contributed by atoms with Crippen molar-refractivity contribution >= 4 is 24.0 Å². The highest BCUT2D eigenvalue weighted by molar-refractivity contribution is 7.71. The maximum atomic E-state index is 12.3. The second-order valence-corrected chi connectivity index (χ2v) is 7.52. The number of carbonyl (C=O) groups excluding carboxylic acids is 2. The summed E-state index contributed by atoms with van der Waals surface area (Å²) in [6.45, 7) is 4.37. The molecular formula is C22H25N5O2S. The van der Waals surface area contributed by atoms with Crippen LogP contribution < -0.4 is 10.6 Å². The molecule has 0 saturated heterocycles. The number of amides is 2. The fourth-order valence-electron chi connectivity index (χ4n) is 3.13. The zero-order valence-electron chi connectivity index (χ0n) is 17.0. The zero-order chi connectivity index (χ0) is 21.5. The highest BCUT2D eigenvalue weighted by Crippen LogP contribution is 2.19. The average Bonchev–Trinajstić information content (AvgIpc) is 3.13. The molecule has 7 nitrogen and oxygen atoms in total. The predicted molar refractivity (Wildman–Crippen MR) is 119 cm³/mol. The van der Waals surface area contributed by atoms with Crippen LogP contribution in [0.15, 0.2) is 54.6 Å². The fraction of sp³-hybridized carbons (Fsp3) is 0.273. The van der Waals surface area contributed by atoms with E-state index in [1.54, 1.807) is 12.1 Å². The van der Waals surface area contributed by atoms with Crippen LogP contribution >= 0.6 is 12.2 Å². The van der Waals surface area contributed by atoms with Gasteiger partial charge in [0, 0.05) is 24.6 Å². The fourth-order valence-corrected chi connectivity index (χ4v) is 3.49. The summed E-state index contributed by atoms with van der Waals surface area (Å²) >= 11 is 5.21. The van der Waals surface area contributed by atoms with Crippen molar-refractivity contribution in [3.63, 3.8) is 0 Å². The summed E-state index contributed by atoms with van der Waals surface area (Å²) in [6, 6.07) is 17.4. The van der Waals surface area contributed by atoms with E-state index in [1.165, 1.54) is 0 Å². The van der Waals surface area contributed by atoms with Crippen LogP contribution in [0.5, 0.6) is 0 Å². The van der Waals surface area contributed by atoms with Crippen LogP contribution in [0.2, 0.25) is 0 Å². The molecule has 2 amide bonds. The van der Waals surface area contributed by atoms with E-state index in [-0.39, 0.29) is 24.4 Å². The average molecular weight is 424 g/mol. The van der Waals surface area contributed by atoms with Gasteiger partial charge in [0.1, 0.15) is 5.82 Å². The minimum Gasteiger partial charge on any atom is -0.354 e. The molecule has 0 atom stereocenters. The van der Waals surface area contributed by atoms with Crippen molar-refractivity contribution in [3.8, 4) is 11.1 Å². The second-order valence-electron chi connectivity index (χ2n) is 7.13. The maximum Gasteiger partial charge on any atom is 0.251 e. The molecule has 0 unspecified atom stereocenters. The quantitative estimate of drug-likeness (QED) is 0.485. The zero-order valence-corrected chi connectivity index (χ0v) is 17.8. The number of nitrogens with zero attached hydrogens (tertiary/aromatic N) is 2. The van der Waals surface area contributed by atoms with Crippen LogP contribution in [0, 0.1) is 4.77 Å². The Bertz CT molecular complexity index is 1060. The molecule has 3 aromatic rings. The first-order valence-electron chi connectivity index (χ1n) is 9.82. The van der Waals surface area contributed by atoms with Gasteiger partial charge in [-0.1, -0.05) is 42.5 Å². The lowest BCUT2D eigenvalue weighted by Gasteiger charge is -2.11. The Balaban J connectivity index is 1.45. The van der Waals surface area contributed by atoms with E-state index >= 15 is 0 Å². The van der Waals surface area contributed by atoms with Crippen LogP contribution in [0.25, 0.3) is 11.1 Å². The Morgan fingerprint density at radius 2 is 1.70 bits per heavy atom. The van der Waals surface area contributed by atoms with Crippen molar-refractivity contribution in [1.29, 1.82) is 0 Å². The number of H-pyrrole nitrogens is 1. The number of nitrogens with one attached hydrogen (secondary N) is 3. The van der Waals surface area contributed by atoms with Gasteiger partial charge in [-0.15, -0.1) is 0 Å². The number of carbonyl (C=O) groups is 2. The Morgan fingerprint density at radius 3 is 2.37 bits per heavy atom. The van der Waals surface area contributed by atoms with Crippen LogP contribution in [0.1, 0.15) is 36.1 Å². The molecule has 1 aromatic heterocycles. The summed E-state index contributed by atoms with van der Waals surface area (Å²) in [5.41, 5.74) is 2.63. The van der Waals surface area contributed by atoms with Gasteiger partial charge < -0.3 is 15.2 Å². The third-order valence-electron chi connectivity index (χ3n) is 4.63. The van der Waals surface area contributed by atoms with Crippen LogP contribution in [-0.4, -0.2) is 39.7 Å². The molecule has 0 radical (unpaired) electrons. The normalized spacial score (nSPS) is 10.8. The highest BCUT2D eigenvalue weighted by atomic mass is 32.1. The van der Waals surface area contributed by atoms with E-state index in [2.05, 4.69) is 20.8 Å². The molecule has 2 aromatic carbocycles. The van der Waals surface area contributed by atoms with Crippen LogP contribution in [-0.2, 0) is 11.2 Å². The molecule has 0 aliphatic rings. The summed E-state index contributed by atoms with van der Waals surface area (Å²) in [5.74, 6) is 0.248. The standard InChI is InChI=1S/C22H25N5O2S/c1-15(2)27-19(25-26-22(27)30)12-13-23-20(28)14-24-21(29)18-10-8-17(9-11-18)16-6-4-3-5-7-16/h3-11,15H,12-14H2,1-2H3,(H,23,28)(H,24,29)(H,26,30). The highest BCUT2D eigenvalue weighted by Gasteiger charge is 2.11. The van der Waals surface area contributed by atoms with Gasteiger partial charge in [0.2, 0.25) is 5.91 Å². The third kappa shape index (κ3) is 5.42. The molecule has 0 aliphatic carbocycles. The minimum atomic E-state index is -0.287. The van der Waals surface area contributed by atoms with Gasteiger partial charge in [-0.25, -0.2) is 0 Å².